The first kappa shape index (κ1) is 12.3. The number of nitrogens with one attached hydrogen (secondary N) is 1. The van der Waals surface area contributed by atoms with Crippen molar-refractivity contribution < 1.29 is 9.47 Å². The first-order valence-electron chi connectivity index (χ1n) is 5.75. The van der Waals surface area contributed by atoms with Crippen LogP contribution in [0.4, 0.5) is 0 Å². The van der Waals surface area contributed by atoms with Crippen LogP contribution in [0.1, 0.15) is 13.8 Å². The van der Waals surface area contributed by atoms with Gasteiger partial charge in [-0.25, -0.2) is 0 Å². The fourth-order valence-electron chi connectivity index (χ4n) is 1.47. The molecule has 2 rings (SSSR count). The summed E-state index contributed by atoms with van der Waals surface area (Å²) < 4.78 is 11.0. The molecule has 0 fully saturated rings. The molecule has 0 bridgehead atoms. The molecule has 0 saturated heterocycles. The van der Waals surface area contributed by atoms with Gasteiger partial charge in [-0.2, -0.15) is 5.21 Å². The number of rotatable bonds is 5. The van der Waals surface area contributed by atoms with E-state index in [0.717, 1.165) is 11.3 Å². The molecule has 0 atom stereocenters. The molecule has 1 heterocycles. The van der Waals surface area contributed by atoms with E-state index >= 15 is 0 Å². The topological polar surface area (TPSA) is 72.9 Å². The third-order valence-corrected chi connectivity index (χ3v) is 2.34. The summed E-state index contributed by atoms with van der Waals surface area (Å²) in [5.74, 6) is 2.38. The maximum atomic E-state index is 5.67. The van der Waals surface area contributed by atoms with Gasteiger partial charge in [-0.05, 0) is 29.3 Å². The molecule has 6 nitrogen and oxygen atoms in total. The third-order valence-electron chi connectivity index (χ3n) is 2.34. The van der Waals surface area contributed by atoms with E-state index in [4.69, 9.17) is 9.47 Å². The summed E-state index contributed by atoms with van der Waals surface area (Å²) in [7, 11) is 1.61. The molecule has 0 saturated carbocycles. The summed E-state index contributed by atoms with van der Waals surface area (Å²) in [6, 6.07) is 5.57. The largest absolute Gasteiger partial charge is 0.493 e. The van der Waals surface area contributed by atoms with Gasteiger partial charge < -0.3 is 9.47 Å². The fourth-order valence-corrected chi connectivity index (χ4v) is 1.47. The molecule has 18 heavy (non-hydrogen) atoms. The third kappa shape index (κ3) is 2.77. The maximum absolute atomic E-state index is 5.67. The Kier molecular flexibility index (Phi) is 3.76. The molecule has 1 N–H and O–H groups in total. The molecule has 0 amide bonds. The van der Waals surface area contributed by atoms with Crippen molar-refractivity contribution >= 4 is 0 Å². The number of aromatic nitrogens is 4. The summed E-state index contributed by atoms with van der Waals surface area (Å²) in [6.07, 6.45) is 0. The SMILES string of the molecule is COc1cc(-c2nn[nH]n2)ccc1OCC(C)C. The van der Waals surface area contributed by atoms with Crippen LogP contribution < -0.4 is 9.47 Å². The summed E-state index contributed by atoms with van der Waals surface area (Å²) in [5.41, 5.74) is 0.831. The Morgan fingerprint density at radius 2 is 2.11 bits per heavy atom. The maximum Gasteiger partial charge on any atom is 0.204 e. The number of tetrazole rings is 1. The standard InChI is InChI=1S/C12H16N4O2/c1-8(2)7-18-10-5-4-9(6-11(10)17-3)12-13-15-16-14-12/h4-6,8H,7H2,1-3H3,(H,13,14,15,16). The molecule has 0 aliphatic rings. The Morgan fingerprint density at radius 1 is 1.28 bits per heavy atom. The van der Waals surface area contributed by atoms with Gasteiger partial charge in [0.15, 0.2) is 11.5 Å². The van der Waals surface area contributed by atoms with Gasteiger partial charge in [0.05, 0.1) is 13.7 Å². The van der Waals surface area contributed by atoms with Crippen molar-refractivity contribution in [2.75, 3.05) is 13.7 Å². The lowest BCUT2D eigenvalue weighted by molar-refractivity contribution is 0.257. The predicted molar refractivity (Wildman–Crippen MR) is 66.5 cm³/mol. The first-order chi connectivity index (χ1) is 8.70. The molecular formula is C12H16N4O2. The van der Waals surface area contributed by atoms with Crippen LogP contribution in [0.25, 0.3) is 11.4 Å². The molecular weight excluding hydrogens is 232 g/mol. The normalized spacial score (nSPS) is 10.7. The highest BCUT2D eigenvalue weighted by molar-refractivity contribution is 5.60. The van der Waals surface area contributed by atoms with Gasteiger partial charge in [-0.3, -0.25) is 0 Å². The van der Waals surface area contributed by atoms with E-state index in [0.29, 0.717) is 24.1 Å². The van der Waals surface area contributed by atoms with Crippen LogP contribution >= 0.6 is 0 Å². The van der Waals surface area contributed by atoms with E-state index in [9.17, 15) is 0 Å². The Morgan fingerprint density at radius 3 is 2.72 bits per heavy atom. The Bertz CT molecular complexity index is 497. The van der Waals surface area contributed by atoms with Crippen LogP contribution in [-0.2, 0) is 0 Å². The first-order valence-corrected chi connectivity index (χ1v) is 5.75. The molecule has 0 aliphatic carbocycles. The number of H-pyrrole nitrogens is 1. The van der Waals surface area contributed by atoms with Crippen molar-refractivity contribution in [2.24, 2.45) is 5.92 Å². The lowest BCUT2D eigenvalue weighted by Gasteiger charge is -2.12. The molecule has 1 aromatic carbocycles. The highest BCUT2D eigenvalue weighted by Gasteiger charge is 2.10. The minimum atomic E-state index is 0.464. The minimum Gasteiger partial charge on any atom is -0.493 e. The molecule has 0 radical (unpaired) electrons. The molecule has 0 unspecified atom stereocenters. The lowest BCUT2D eigenvalue weighted by atomic mass is 10.2. The van der Waals surface area contributed by atoms with Crippen LogP contribution in [0.15, 0.2) is 18.2 Å². The lowest BCUT2D eigenvalue weighted by Crippen LogP contribution is -2.05. The van der Waals surface area contributed by atoms with Crippen molar-refractivity contribution in [2.45, 2.75) is 13.8 Å². The number of methoxy groups -OCH3 is 1. The van der Waals surface area contributed by atoms with Crippen molar-refractivity contribution in [1.82, 2.24) is 20.6 Å². The summed E-state index contributed by atoms with van der Waals surface area (Å²) in [4.78, 5) is 0. The Balaban J connectivity index is 2.23. The molecule has 1 aromatic heterocycles. The highest BCUT2D eigenvalue weighted by Crippen LogP contribution is 2.31. The predicted octanol–water partition coefficient (Wildman–Crippen LogP) is 1.91. The average Bonchev–Trinajstić information content (AvgIpc) is 2.90. The van der Waals surface area contributed by atoms with Crippen LogP contribution in [0.3, 0.4) is 0 Å². The van der Waals surface area contributed by atoms with Gasteiger partial charge in [0.25, 0.3) is 0 Å². The zero-order valence-electron chi connectivity index (χ0n) is 10.7. The Labute approximate surface area is 105 Å². The average molecular weight is 248 g/mol. The minimum absolute atomic E-state index is 0.464. The van der Waals surface area contributed by atoms with Gasteiger partial charge in [-0.15, -0.1) is 10.2 Å². The number of benzene rings is 1. The van der Waals surface area contributed by atoms with Crippen LogP contribution in [0.2, 0.25) is 0 Å². The van der Waals surface area contributed by atoms with Gasteiger partial charge in [0, 0.05) is 5.56 Å². The van der Waals surface area contributed by atoms with E-state index < -0.39 is 0 Å². The molecule has 6 heteroatoms. The smallest absolute Gasteiger partial charge is 0.204 e. The molecule has 0 spiro atoms. The van der Waals surface area contributed by atoms with Crippen molar-refractivity contribution in [3.05, 3.63) is 18.2 Å². The van der Waals surface area contributed by atoms with E-state index in [-0.39, 0.29) is 0 Å². The number of hydrogen-bond donors (Lipinski definition) is 1. The van der Waals surface area contributed by atoms with Crippen LogP contribution in [0.5, 0.6) is 11.5 Å². The quantitative estimate of drug-likeness (QED) is 0.875. The zero-order chi connectivity index (χ0) is 13.0. The number of ether oxygens (including phenoxy) is 2. The van der Waals surface area contributed by atoms with E-state index in [2.05, 4.69) is 34.5 Å². The molecule has 2 aromatic rings. The summed E-state index contributed by atoms with van der Waals surface area (Å²) >= 11 is 0. The second-order valence-electron chi connectivity index (χ2n) is 4.31. The molecule has 96 valence electrons. The van der Waals surface area contributed by atoms with Gasteiger partial charge in [0.1, 0.15) is 0 Å². The van der Waals surface area contributed by atoms with Gasteiger partial charge in [0.2, 0.25) is 5.82 Å². The van der Waals surface area contributed by atoms with E-state index in [1.54, 1.807) is 7.11 Å². The van der Waals surface area contributed by atoms with E-state index in [1.807, 2.05) is 18.2 Å². The number of aromatic amines is 1. The van der Waals surface area contributed by atoms with Crippen molar-refractivity contribution in [3.63, 3.8) is 0 Å². The van der Waals surface area contributed by atoms with Crippen molar-refractivity contribution in [1.29, 1.82) is 0 Å². The van der Waals surface area contributed by atoms with E-state index in [1.165, 1.54) is 0 Å². The zero-order valence-corrected chi connectivity index (χ0v) is 10.7. The summed E-state index contributed by atoms with van der Waals surface area (Å²) in [6.45, 7) is 4.85. The number of hydrogen-bond acceptors (Lipinski definition) is 5. The van der Waals surface area contributed by atoms with Gasteiger partial charge in [-0.1, -0.05) is 13.8 Å². The second-order valence-corrected chi connectivity index (χ2v) is 4.31. The van der Waals surface area contributed by atoms with Crippen molar-refractivity contribution in [3.8, 4) is 22.9 Å². The van der Waals surface area contributed by atoms with Crippen LogP contribution in [-0.4, -0.2) is 34.3 Å². The van der Waals surface area contributed by atoms with Gasteiger partial charge >= 0.3 is 0 Å². The number of nitrogens with zero attached hydrogens (tertiary/aromatic N) is 3. The second kappa shape index (κ2) is 5.48. The highest BCUT2D eigenvalue weighted by atomic mass is 16.5. The monoisotopic (exact) mass is 248 g/mol. The Hall–Kier alpha value is -2.11. The van der Waals surface area contributed by atoms with Crippen LogP contribution in [0, 0.1) is 5.92 Å². The molecule has 0 aliphatic heterocycles. The fraction of sp³-hybridized carbons (Fsp3) is 0.417. The summed E-state index contributed by atoms with van der Waals surface area (Å²) in [5, 5.41) is 13.8.